The Morgan fingerprint density at radius 2 is 2.00 bits per heavy atom. The summed E-state index contributed by atoms with van der Waals surface area (Å²) in [7, 11) is 0. The molecule has 7 atom stereocenters. The minimum absolute atomic E-state index is 0.00382. The third-order valence-electron chi connectivity index (χ3n) is 8.68. The van der Waals surface area contributed by atoms with Crippen LogP contribution in [0.3, 0.4) is 0 Å². The van der Waals surface area contributed by atoms with E-state index in [-0.39, 0.29) is 28.0 Å². The van der Waals surface area contributed by atoms with Gasteiger partial charge in [-0.2, -0.15) is 0 Å². The van der Waals surface area contributed by atoms with Crippen molar-refractivity contribution in [3.63, 3.8) is 0 Å². The maximum absolute atomic E-state index is 12.0. The van der Waals surface area contributed by atoms with E-state index >= 15 is 0 Å². The number of carboxylic acid groups (broad SMARTS) is 1. The fraction of sp³-hybridized carbons (Fsp3) is 0.783. The van der Waals surface area contributed by atoms with Crippen molar-refractivity contribution in [2.75, 3.05) is 0 Å². The van der Waals surface area contributed by atoms with Crippen LogP contribution in [0.5, 0.6) is 0 Å². The first-order chi connectivity index (χ1) is 13.6. The zero-order chi connectivity index (χ0) is 21.0. The summed E-state index contributed by atoms with van der Waals surface area (Å²) >= 11 is 1.42. The summed E-state index contributed by atoms with van der Waals surface area (Å²) < 4.78 is 0. The number of carbonyl (C=O) groups excluding carboxylic acids is 2. The Morgan fingerprint density at radius 1 is 1.24 bits per heavy atom. The molecule has 0 saturated heterocycles. The number of aliphatic hydroxyl groups is 1. The summed E-state index contributed by atoms with van der Waals surface area (Å²) in [5.74, 6) is 0.890. The normalized spacial score (nSPS) is 43.8. The molecule has 5 nitrogen and oxygen atoms in total. The zero-order valence-electron chi connectivity index (χ0n) is 17.4. The monoisotopic (exact) mass is 420 g/mol. The third kappa shape index (κ3) is 3.50. The number of carbonyl (C=O) groups is 3. The molecule has 4 aliphatic carbocycles. The lowest BCUT2D eigenvalue weighted by Gasteiger charge is -2.57. The molecule has 3 saturated carbocycles. The van der Waals surface area contributed by atoms with Crippen LogP contribution in [0.1, 0.15) is 71.6 Å². The molecule has 6 heteroatoms. The van der Waals surface area contributed by atoms with Crippen molar-refractivity contribution in [1.29, 1.82) is 0 Å². The van der Waals surface area contributed by atoms with E-state index in [9.17, 15) is 19.5 Å². The van der Waals surface area contributed by atoms with Crippen molar-refractivity contribution >= 4 is 28.6 Å². The van der Waals surface area contributed by atoms with E-state index in [0.29, 0.717) is 42.9 Å². The van der Waals surface area contributed by atoms with Crippen molar-refractivity contribution in [3.05, 3.63) is 11.6 Å². The maximum atomic E-state index is 12.0. The first-order valence-corrected chi connectivity index (χ1v) is 11.9. The topological polar surface area (TPSA) is 91.7 Å². The molecule has 0 aromatic carbocycles. The summed E-state index contributed by atoms with van der Waals surface area (Å²) in [6, 6.07) is 0. The first kappa shape index (κ1) is 21.1. The van der Waals surface area contributed by atoms with E-state index in [4.69, 9.17) is 5.11 Å². The highest BCUT2D eigenvalue weighted by molar-refractivity contribution is 8.14. The van der Waals surface area contributed by atoms with Gasteiger partial charge in [0.05, 0.1) is 5.60 Å². The van der Waals surface area contributed by atoms with E-state index in [1.165, 1.54) is 17.3 Å². The molecule has 4 rings (SSSR count). The molecule has 0 aromatic rings. The Kier molecular flexibility index (Phi) is 5.48. The van der Waals surface area contributed by atoms with Gasteiger partial charge in [-0.3, -0.25) is 14.4 Å². The van der Waals surface area contributed by atoms with Crippen LogP contribution in [0, 0.1) is 29.1 Å². The largest absolute Gasteiger partial charge is 0.481 e. The standard InChI is InChI=1S/C23H32O5S/c1-13(24)29-19-12-14-11-15(25)3-4-16(14)17-5-8-22(2)18(21(17)19)6-9-23(22,28)10-7-20(26)27/h11,16-19,21,28H,3-10,12H2,1-2H3,(H,26,27)/t16-,17?,18?,19?,21?,22-,23?/m0/s1. The predicted molar refractivity (Wildman–Crippen MR) is 111 cm³/mol. The van der Waals surface area contributed by atoms with Gasteiger partial charge in [0.1, 0.15) is 0 Å². The highest BCUT2D eigenvalue weighted by Crippen LogP contribution is 2.66. The Hall–Kier alpha value is -1.14. The lowest BCUT2D eigenvalue weighted by atomic mass is 9.50. The number of thioether (sulfide) groups is 1. The SMILES string of the molecule is CC(=O)SC1CC2=CC(=O)CC[C@@H]2C2CC[C@@]3(C)C(CCC3(O)CCC(=O)O)C12. The van der Waals surface area contributed by atoms with E-state index in [1.807, 2.05) is 6.08 Å². The molecule has 0 bridgehead atoms. The van der Waals surface area contributed by atoms with Crippen LogP contribution in [-0.2, 0) is 14.4 Å². The minimum Gasteiger partial charge on any atom is -0.481 e. The Labute approximate surface area is 176 Å². The number of rotatable bonds is 4. The van der Waals surface area contributed by atoms with Crippen LogP contribution >= 0.6 is 11.8 Å². The molecule has 0 amide bonds. The predicted octanol–water partition coefficient (Wildman–Crippen LogP) is 3.98. The molecule has 0 radical (unpaired) electrons. The molecular weight excluding hydrogens is 388 g/mol. The van der Waals surface area contributed by atoms with Gasteiger partial charge in [-0.25, -0.2) is 0 Å². The molecule has 3 fully saturated rings. The van der Waals surface area contributed by atoms with Crippen molar-refractivity contribution in [1.82, 2.24) is 0 Å². The maximum Gasteiger partial charge on any atom is 0.303 e. The molecule has 4 aliphatic rings. The summed E-state index contributed by atoms with van der Waals surface area (Å²) in [4.78, 5) is 35.2. The number of hydrogen-bond donors (Lipinski definition) is 2. The highest BCUT2D eigenvalue weighted by atomic mass is 32.2. The van der Waals surface area contributed by atoms with Gasteiger partial charge in [0, 0.05) is 25.0 Å². The van der Waals surface area contributed by atoms with Crippen molar-refractivity contribution in [2.24, 2.45) is 29.1 Å². The summed E-state index contributed by atoms with van der Waals surface area (Å²) in [5.41, 5.74) is -0.000241. The van der Waals surface area contributed by atoms with Crippen LogP contribution in [0.25, 0.3) is 0 Å². The van der Waals surface area contributed by atoms with Gasteiger partial charge >= 0.3 is 5.97 Å². The first-order valence-electron chi connectivity index (χ1n) is 11.0. The Morgan fingerprint density at radius 3 is 2.69 bits per heavy atom. The van der Waals surface area contributed by atoms with Crippen molar-refractivity contribution in [2.45, 2.75) is 82.5 Å². The van der Waals surface area contributed by atoms with Gasteiger partial charge in [-0.15, -0.1) is 0 Å². The number of aliphatic carboxylic acids is 1. The Balaban J connectivity index is 1.67. The van der Waals surface area contributed by atoms with Crippen molar-refractivity contribution in [3.8, 4) is 0 Å². The van der Waals surface area contributed by atoms with Crippen LogP contribution in [-0.4, -0.2) is 37.9 Å². The van der Waals surface area contributed by atoms with E-state index in [0.717, 1.165) is 32.1 Å². The molecule has 0 aromatic heterocycles. The van der Waals surface area contributed by atoms with Gasteiger partial charge < -0.3 is 10.2 Å². The van der Waals surface area contributed by atoms with Gasteiger partial charge in [0.15, 0.2) is 10.9 Å². The number of hydrogen-bond acceptors (Lipinski definition) is 5. The van der Waals surface area contributed by atoms with Crippen LogP contribution < -0.4 is 0 Å². The van der Waals surface area contributed by atoms with Gasteiger partial charge in [0.25, 0.3) is 0 Å². The lowest BCUT2D eigenvalue weighted by molar-refractivity contribution is -0.144. The second-order valence-corrected chi connectivity index (χ2v) is 11.4. The number of allylic oxidation sites excluding steroid dienone is 1. The molecular formula is C23H32O5S. The van der Waals surface area contributed by atoms with E-state index in [2.05, 4.69) is 6.92 Å². The quantitative estimate of drug-likeness (QED) is 0.715. The minimum atomic E-state index is -0.939. The van der Waals surface area contributed by atoms with Gasteiger partial charge in [-0.1, -0.05) is 24.3 Å². The summed E-state index contributed by atoms with van der Waals surface area (Å²) in [5, 5.41) is 21.0. The van der Waals surface area contributed by atoms with Crippen LogP contribution in [0.4, 0.5) is 0 Å². The average Bonchev–Trinajstić information content (AvgIpc) is 2.91. The number of fused-ring (bicyclic) bond motifs is 5. The highest BCUT2D eigenvalue weighted by Gasteiger charge is 2.63. The molecule has 0 heterocycles. The molecule has 160 valence electrons. The average molecular weight is 421 g/mol. The fourth-order valence-electron chi connectivity index (χ4n) is 7.33. The molecule has 0 spiro atoms. The second-order valence-electron chi connectivity index (χ2n) is 9.95. The lowest BCUT2D eigenvalue weighted by Crippen LogP contribution is -2.55. The zero-order valence-corrected chi connectivity index (χ0v) is 18.2. The van der Waals surface area contributed by atoms with Crippen molar-refractivity contribution < 1.29 is 24.6 Å². The number of ketones is 1. The Bertz CT molecular complexity index is 760. The second kappa shape index (κ2) is 7.52. The fourth-order valence-corrected chi connectivity index (χ4v) is 8.59. The van der Waals surface area contributed by atoms with Gasteiger partial charge in [-0.05, 0) is 80.1 Å². The van der Waals surface area contributed by atoms with Gasteiger partial charge in [0.2, 0.25) is 0 Å². The molecule has 2 N–H and O–H groups in total. The molecule has 0 aliphatic heterocycles. The summed E-state index contributed by atoms with van der Waals surface area (Å²) in [6.45, 7) is 3.78. The number of carboxylic acids is 1. The van der Waals surface area contributed by atoms with Crippen LogP contribution in [0.2, 0.25) is 0 Å². The smallest absolute Gasteiger partial charge is 0.303 e. The molecule has 5 unspecified atom stereocenters. The van der Waals surface area contributed by atoms with Crippen LogP contribution in [0.15, 0.2) is 11.6 Å². The van der Waals surface area contributed by atoms with E-state index < -0.39 is 11.6 Å². The third-order valence-corrected chi connectivity index (χ3v) is 9.80. The molecule has 29 heavy (non-hydrogen) atoms. The summed E-state index contributed by atoms with van der Waals surface area (Å²) in [6.07, 6.45) is 7.90. The van der Waals surface area contributed by atoms with E-state index in [1.54, 1.807) is 6.92 Å².